The molecule has 0 saturated carbocycles. The number of ether oxygens (including phenoxy) is 4. The summed E-state index contributed by atoms with van der Waals surface area (Å²) in [4.78, 5) is 13.4. The van der Waals surface area contributed by atoms with Crippen LogP contribution in [0.15, 0.2) is 72.9 Å². The number of amides is 1. The maximum atomic E-state index is 13.4. The van der Waals surface area contributed by atoms with E-state index in [4.69, 9.17) is 18.9 Å². The fourth-order valence-electron chi connectivity index (χ4n) is 12.8. The minimum Gasteiger partial charge on any atom is -0.394 e. The Morgan fingerprint density at radius 1 is 0.394 bits per heavy atom. The Morgan fingerprint density at radius 2 is 0.734 bits per heavy atom. The summed E-state index contributed by atoms with van der Waals surface area (Å²) < 4.78 is 23.0. The summed E-state index contributed by atoms with van der Waals surface area (Å²) in [7, 11) is 0. The van der Waals surface area contributed by atoms with E-state index >= 15 is 0 Å². The van der Waals surface area contributed by atoms with Crippen LogP contribution in [0.3, 0.4) is 0 Å². The van der Waals surface area contributed by atoms with E-state index in [1.807, 2.05) is 0 Å². The van der Waals surface area contributed by atoms with Gasteiger partial charge in [0.1, 0.15) is 48.8 Å². The maximum absolute atomic E-state index is 13.4. The SMILES string of the molecule is CC/C=C\C/C=C\C/C=C\C/C=C\C/C=C\C/C=C\CCCCCCCCCCCCCCCCCCCCC(=O)NC(COC1OC(CO)C(OC2OC(CO)C(O)C(O)C2O)C(O)C1O)C(O)CCCCCCCCCCCCCCCCCCCCCCCCC. The number of rotatable bonds is 65. The van der Waals surface area contributed by atoms with E-state index in [1.165, 1.54) is 218 Å². The Hall–Kier alpha value is -2.57. The molecule has 548 valence electrons. The Balaban J connectivity index is 1.60. The molecular weight excluding hydrogens is 1180 g/mol. The van der Waals surface area contributed by atoms with Gasteiger partial charge in [0.25, 0.3) is 0 Å². The Bertz CT molecular complexity index is 1860. The number of hydrogen-bond donors (Lipinski definition) is 9. The standard InChI is InChI=1S/C80H145NO13/c1-3-5-7-9-11-13-15-17-19-21-23-25-27-28-29-30-31-32-33-34-35-36-37-38-39-40-42-44-46-48-50-52-54-56-58-60-62-64-72(85)81-68(67-91-79-77(90)75(88)78(71(66-83)93-79)94-80-76(89)74(87)73(86)70(65-82)92-80)69(84)63-61-59-57-55-53-51-49-47-45-43-41-26-24-22-20-18-16-14-12-10-8-6-4-2/h5,7,11,13,17,19,23,25,28-29,31-32,68-71,73-80,82-84,86-90H,3-4,6,8-10,12,14-16,18,20-22,24,26-27,30,33-67H2,1-2H3,(H,81,85)/b7-5-,13-11-,19-17-,25-23-,29-28-,32-31-. The first-order valence-electron chi connectivity index (χ1n) is 39.2. The summed E-state index contributed by atoms with van der Waals surface area (Å²) in [6, 6.07) is -0.832. The molecule has 2 aliphatic rings. The first-order valence-corrected chi connectivity index (χ1v) is 39.2. The van der Waals surface area contributed by atoms with Gasteiger partial charge in [-0.3, -0.25) is 4.79 Å². The zero-order valence-electron chi connectivity index (χ0n) is 60.0. The number of allylic oxidation sites excluding steroid dienone is 12. The number of carbonyl (C=O) groups is 1. The smallest absolute Gasteiger partial charge is 0.220 e. The van der Waals surface area contributed by atoms with Crippen molar-refractivity contribution in [3.63, 3.8) is 0 Å². The van der Waals surface area contributed by atoms with Gasteiger partial charge in [-0.25, -0.2) is 0 Å². The van der Waals surface area contributed by atoms with Crippen molar-refractivity contribution < 1.29 is 64.6 Å². The van der Waals surface area contributed by atoms with Gasteiger partial charge in [0, 0.05) is 6.42 Å². The fraction of sp³-hybridized carbons (Fsp3) is 0.838. The van der Waals surface area contributed by atoms with Crippen LogP contribution in [0.2, 0.25) is 0 Å². The molecule has 14 nitrogen and oxygen atoms in total. The van der Waals surface area contributed by atoms with Crippen LogP contribution in [0.25, 0.3) is 0 Å². The van der Waals surface area contributed by atoms with E-state index in [9.17, 15) is 45.6 Å². The number of aliphatic hydroxyl groups excluding tert-OH is 8. The first-order chi connectivity index (χ1) is 46.1. The van der Waals surface area contributed by atoms with Crippen LogP contribution in [0, 0.1) is 0 Å². The summed E-state index contributed by atoms with van der Waals surface area (Å²) in [6.45, 7) is 2.80. The van der Waals surface area contributed by atoms with Crippen LogP contribution in [0.5, 0.6) is 0 Å². The monoisotopic (exact) mass is 1330 g/mol. The molecule has 0 radical (unpaired) electrons. The number of nitrogens with one attached hydrogen (secondary N) is 1. The second-order valence-electron chi connectivity index (χ2n) is 27.5. The number of unbranched alkanes of at least 4 members (excludes halogenated alkanes) is 40. The molecule has 0 aromatic heterocycles. The maximum Gasteiger partial charge on any atom is 0.220 e. The van der Waals surface area contributed by atoms with Gasteiger partial charge in [0.05, 0.1) is 32.0 Å². The molecule has 2 saturated heterocycles. The minimum absolute atomic E-state index is 0.202. The molecule has 0 aromatic rings. The molecule has 0 bridgehead atoms. The lowest BCUT2D eigenvalue weighted by molar-refractivity contribution is -0.359. The Morgan fingerprint density at radius 3 is 1.13 bits per heavy atom. The van der Waals surface area contributed by atoms with Gasteiger partial charge < -0.3 is 65.1 Å². The van der Waals surface area contributed by atoms with E-state index in [2.05, 4.69) is 92.1 Å². The molecule has 94 heavy (non-hydrogen) atoms. The highest BCUT2D eigenvalue weighted by molar-refractivity contribution is 5.76. The van der Waals surface area contributed by atoms with Crippen molar-refractivity contribution in [2.45, 2.75) is 408 Å². The Kier molecular flexibility index (Phi) is 59.4. The lowest BCUT2D eigenvalue weighted by Gasteiger charge is -2.46. The van der Waals surface area contributed by atoms with Crippen molar-refractivity contribution in [1.82, 2.24) is 5.32 Å². The van der Waals surface area contributed by atoms with E-state index in [0.29, 0.717) is 12.8 Å². The van der Waals surface area contributed by atoms with Crippen molar-refractivity contribution in [3.05, 3.63) is 72.9 Å². The van der Waals surface area contributed by atoms with Crippen LogP contribution in [0.4, 0.5) is 0 Å². The van der Waals surface area contributed by atoms with Gasteiger partial charge >= 0.3 is 0 Å². The molecule has 0 aliphatic carbocycles. The van der Waals surface area contributed by atoms with Crippen LogP contribution >= 0.6 is 0 Å². The van der Waals surface area contributed by atoms with Crippen LogP contribution in [0.1, 0.15) is 335 Å². The topological polar surface area (TPSA) is 228 Å². The van der Waals surface area contributed by atoms with E-state index in [0.717, 1.165) is 89.9 Å². The highest BCUT2D eigenvalue weighted by Gasteiger charge is 2.51. The molecule has 2 heterocycles. The quantitative estimate of drug-likeness (QED) is 0.0204. The lowest BCUT2D eigenvalue weighted by atomic mass is 9.97. The number of carbonyl (C=O) groups excluding carboxylic acids is 1. The molecule has 2 rings (SSSR count). The highest BCUT2D eigenvalue weighted by atomic mass is 16.7. The molecule has 9 N–H and O–H groups in total. The van der Waals surface area contributed by atoms with Crippen molar-refractivity contribution in [2.24, 2.45) is 0 Å². The van der Waals surface area contributed by atoms with Gasteiger partial charge in [0.15, 0.2) is 12.6 Å². The molecule has 14 heteroatoms. The zero-order valence-corrected chi connectivity index (χ0v) is 60.0. The van der Waals surface area contributed by atoms with E-state index < -0.39 is 86.8 Å². The molecule has 2 fully saturated rings. The van der Waals surface area contributed by atoms with Gasteiger partial charge in [-0.05, 0) is 64.2 Å². The van der Waals surface area contributed by atoms with Crippen molar-refractivity contribution in [1.29, 1.82) is 0 Å². The van der Waals surface area contributed by atoms with Gasteiger partial charge in [0.2, 0.25) is 5.91 Å². The fourth-order valence-corrected chi connectivity index (χ4v) is 12.8. The second-order valence-corrected chi connectivity index (χ2v) is 27.5. The molecule has 1 amide bonds. The third-order valence-electron chi connectivity index (χ3n) is 18.9. The second kappa shape index (κ2) is 63.8. The molecule has 12 atom stereocenters. The number of aliphatic hydroxyl groups is 8. The first kappa shape index (κ1) is 87.5. The third kappa shape index (κ3) is 46.7. The van der Waals surface area contributed by atoms with Gasteiger partial charge in [-0.15, -0.1) is 0 Å². The number of hydrogen-bond acceptors (Lipinski definition) is 13. The summed E-state index contributed by atoms with van der Waals surface area (Å²) in [5, 5.41) is 87.8. The Labute approximate surface area is 574 Å². The van der Waals surface area contributed by atoms with Crippen LogP contribution in [-0.4, -0.2) is 140 Å². The molecule has 0 spiro atoms. The van der Waals surface area contributed by atoms with Gasteiger partial charge in [-0.2, -0.15) is 0 Å². The van der Waals surface area contributed by atoms with Crippen molar-refractivity contribution >= 4 is 5.91 Å². The van der Waals surface area contributed by atoms with Gasteiger partial charge in [-0.1, -0.05) is 337 Å². The van der Waals surface area contributed by atoms with Crippen molar-refractivity contribution in [2.75, 3.05) is 19.8 Å². The predicted octanol–water partition coefficient (Wildman–Crippen LogP) is 17.4. The molecule has 12 unspecified atom stereocenters. The van der Waals surface area contributed by atoms with Crippen LogP contribution in [-0.2, 0) is 23.7 Å². The van der Waals surface area contributed by atoms with E-state index in [-0.39, 0.29) is 12.5 Å². The average molecular weight is 1330 g/mol. The summed E-state index contributed by atoms with van der Waals surface area (Å²) in [6.07, 6.45) is 70.7. The lowest BCUT2D eigenvalue weighted by Crippen LogP contribution is -2.65. The minimum atomic E-state index is -1.78. The molecule has 0 aromatic carbocycles. The largest absolute Gasteiger partial charge is 0.394 e. The molecular formula is C80H145NO13. The summed E-state index contributed by atoms with van der Waals surface area (Å²) in [5.41, 5.74) is 0. The predicted molar refractivity (Wildman–Crippen MR) is 387 cm³/mol. The average Bonchev–Trinajstić information content (AvgIpc) is 0.794. The molecule has 2 aliphatic heterocycles. The highest BCUT2D eigenvalue weighted by Crippen LogP contribution is 2.30. The third-order valence-corrected chi connectivity index (χ3v) is 18.9. The van der Waals surface area contributed by atoms with Crippen LogP contribution < -0.4 is 5.32 Å². The van der Waals surface area contributed by atoms with E-state index in [1.54, 1.807) is 0 Å². The van der Waals surface area contributed by atoms with Crippen molar-refractivity contribution in [3.8, 4) is 0 Å². The summed E-state index contributed by atoms with van der Waals surface area (Å²) in [5.74, 6) is -0.202. The summed E-state index contributed by atoms with van der Waals surface area (Å²) >= 11 is 0. The zero-order chi connectivity index (χ0) is 68.0. The normalized spacial score (nSPS) is 22.8.